The molecule has 164 valence electrons. The van der Waals surface area contributed by atoms with Gasteiger partial charge in [-0.3, -0.25) is 9.59 Å². The molecule has 0 saturated carbocycles. The summed E-state index contributed by atoms with van der Waals surface area (Å²) < 4.78 is 40.5. The summed E-state index contributed by atoms with van der Waals surface area (Å²) in [6.45, 7) is 4.02. The largest absolute Gasteiger partial charge is 0.416 e. The van der Waals surface area contributed by atoms with Gasteiger partial charge in [0.05, 0.1) is 22.6 Å². The van der Waals surface area contributed by atoms with Gasteiger partial charge in [-0.2, -0.15) is 23.5 Å². The van der Waals surface area contributed by atoms with Crippen LogP contribution in [0, 0.1) is 25.2 Å². The summed E-state index contributed by atoms with van der Waals surface area (Å²) in [5, 5.41) is 15.7. The molecule has 1 amide bonds. The molecule has 0 radical (unpaired) electrons. The molecule has 1 aliphatic rings. The lowest BCUT2D eigenvalue weighted by atomic mass is 10.1. The third-order valence-corrected chi connectivity index (χ3v) is 5.34. The molecule has 2 aromatic rings. The van der Waals surface area contributed by atoms with Gasteiger partial charge >= 0.3 is 6.18 Å². The van der Waals surface area contributed by atoms with Crippen LogP contribution in [0.5, 0.6) is 0 Å². The highest BCUT2D eigenvalue weighted by Gasteiger charge is 2.32. The highest BCUT2D eigenvalue weighted by molar-refractivity contribution is 5.94. The number of rotatable bonds is 4. The fraction of sp³-hybridized carbons (Fsp3) is 0.429. The molecule has 1 aromatic heterocycles. The highest BCUT2D eigenvalue weighted by Crippen LogP contribution is 2.36. The van der Waals surface area contributed by atoms with Crippen molar-refractivity contribution in [1.29, 1.82) is 5.26 Å². The number of alkyl halides is 3. The summed E-state index contributed by atoms with van der Waals surface area (Å²) in [4.78, 5) is 27.0. The maximum Gasteiger partial charge on any atom is 0.416 e. The van der Waals surface area contributed by atoms with Gasteiger partial charge in [-0.05, 0) is 56.9 Å². The summed E-state index contributed by atoms with van der Waals surface area (Å²) in [7, 11) is 0. The van der Waals surface area contributed by atoms with E-state index in [0.29, 0.717) is 30.0 Å². The molecule has 2 heterocycles. The summed E-state index contributed by atoms with van der Waals surface area (Å²) >= 11 is 0. The minimum Gasteiger partial charge on any atom is -0.370 e. The van der Waals surface area contributed by atoms with Crippen molar-refractivity contribution in [1.82, 2.24) is 9.78 Å². The Hall–Kier alpha value is -3.35. The van der Waals surface area contributed by atoms with Gasteiger partial charge in [0.15, 0.2) is 0 Å². The van der Waals surface area contributed by atoms with E-state index in [4.69, 9.17) is 0 Å². The molecule has 7 nitrogen and oxygen atoms in total. The van der Waals surface area contributed by atoms with Crippen molar-refractivity contribution in [3.8, 4) is 6.07 Å². The van der Waals surface area contributed by atoms with E-state index in [9.17, 15) is 28.0 Å². The molecular weight excluding hydrogens is 411 g/mol. The Morgan fingerprint density at radius 2 is 1.90 bits per heavy atom. The quantitative estimate of drug-likeness (QED) is 0.798. The van der Waals surface area contributed by atoms with Crippen LogP contribution in [0.25, 0.3) is 0 Å². The minimum absolute atomic E-state index is 0.0270. The van der Waals surface area contributed by atoms with Crippen LogP contribution in [-0.2, 0) is 17.5 Å². The number of nitrogens with one attached hydrogen (secondary N) is 1. The maximum absolute atomic E-state index is 13.2. The Balaban J connectivity index is 1.92. The van der Waals surface area contributed by atoms with Crippen molar-refractivity contribution in [3.05, 3.63) is 50.9 Å². The zero-order chi connectivity index (χ0) is 22.8. The number of hydrogen-bond acceptors (Lipinski definition) is 5. The Kier molecular flexibility index (Phi) is 6.34. The van der Waals surface area contributed by atoms with Crippen LogP contribution >= 0.6 is 0 Å². The molecule has 31 heavy (non-hydrogen) atoms. The second-order valence-corrected chi connectivity index (χ2v) is 7.49. The molecule has 1 saturated heterocycles. The second kappa shape index (κ2) is 8.79. The Labute approximate surface area is 177 Å². The summed E-state index contributed by atoms with van der Waals surface area (Å²) in [5.74, 6) is -0.709. The van der Waals surface area contributed by atoms with Crippen LogP contribution in [0.15, 0.2) is 23.0 Å². The van der Waals surface area contributed by atoms with Crippen molar-refractivity contribution in [2.75, 3.05) is 23.3 Å². The lowest BCUT2D eigenvalue weighted by Gasteiger charge is -2.31. The van der Waals surface area contributed by atoms with Crippen molar-refractivity contribution in [2.45, 2.75) is 45.8 Å². The van der Waals surface area contributed by atoms with Gasteiger partial charge in [-0.1, -0.05) is 0 Å². The van der Waals surface area contributed by atoms with Crippen LogP contribution in [-0.4, -0.2) is 28.8 Å². The number of carbonyl (C=O) groups excluding carboxylic acids is 1. The van der Waals surface area contributed by atoms with E-state index in [2.05, 4.69) is 10.4 Å². The number of benzene rings is 1. The smallest absolute Gasteiger partial charge is 0.370 e. The van der Waals surface area contributed by atoms with E-state index in [1.54, 1.807) is 13.8 Å². The van der Waals surface area contributed by atoms with Crippen LogP contribution in [0.1, 0.15) is 41.6 Å². The zero-order valence-electron chi connectivity index (χ0n) is 17.2. The molecule has 1 fully saturated rings. The number of nitrogens with zero attached hydrogens (tertiary/aromatic N) is 4. The van der Waals surface area contributed by atoms with Crippen molar-refractivity contribution < 1.29 is 18.0 Å². The van der Waals surface area contributed by atoms with Crippen LogP contribution < -0.4 is 15.8 Å². The summed E-state index contributed by atoms with van der Waals surface area (Å²) in [6, 6.07) is 5.06. The number of nitriles is 1. The molecule has 0 atom stereocenters. The first kappa shape index (κ1) is 22.3. The van der Waals surface area contributed by atoms with Gasteiger partial charge in [-0.25, -0.2) is 4.68 Å². The first-order valence-corrected chi connectivity index (χ1v) is 9.86. The zero-order valence-corrected chi connectivity index (χ0v) is 17.2. The fourth-order valence-electron chi connectivity index (χ4n) is 3.56. The van der Waals surface area contributed by atoms with E-state index in [1.165, 1.54) is 6.07 Å². The number of aromatic nitrogens is 2. The van der Waals surface area contributed by atoms with Crippen molar-refractivity contribution in [2.24, 2.45) is 0 Å². The lowest BCUT2D eigenvalue weighted by Crippen LogP contribution is -2.33. The van der Waals surface area contributed by atoms with E-state index >= 15 is 0 Å². The predicted octanol–water partition coefficient (Wildman–Crippen LogP) is 3.38. The highest BCUT2D eigenvalue weighted by atomic mass is 19.4. The van der Waals surface area contributed by atoms with Gasteiger partial charge in [0.2, 0.25) is 5.91 Å². The van der Waals surface area contributed by atoms with Crippen LogP contribution in [0.4, 0.5) is 24.5 Å². The van der Waals surface area contributed by atoms with E-state index in [0.717, 1.165) is 36.1 Å². The predicted molar refractivity (Wildman–Crippen MR) is 109 cm³/mol. The number of aryl methyl sites for hydroxylation is 1. The maximum atomic E-state index is 13.2. The van der Waals surface area contributed by atoms with Crippen LogP contribution in [0.2, 0.25) is 0 Å². The molecule has 0 spiro atoms. The van der Waals surface area contributed by atoms with Gasteiger partial charge in [0.1, 0.15) is 18.2 Å². The van der Waals surface area contributed by atoms with E-state index in [1.807, 2.05) is 11.0 Å². The Morgan fingerprint density at radius 1 is 1.23 bits per heavy atom. The number of anilines is 2. The molecule has 0 aliphatic carbocycles. The SMILES string of the molecule is Cc1nn(CC(=O)Nc2cc(C(F)(F)F)ccc2N2CCCCC2)c(=O)c(C#N)c1C. The molecule has 1 aromatic carbocycles. The van der Waals surface area contributed by atoms with Crippen molar-refractivity contribution in [3.63, 3.8) is 0 Å². The van der Waals surface area contributed by atoms with Crippen molar-refractivity contribution >= 4 is 17.3 Å². The number of halogens is 3. The topological polar surface area (TPSA) is 91.0 Å². The second-order valence-electron chi connectivity index (χ2n) is 7.49. The minimum atomic E-state index is -4.56. The molecule has 0 unspecified atom stereocenters. The third kappa shape index (κ3) is 4.87. The average Bonchev–Trinajstić information content (AvgIpc) is 2.72. The molecular formula is C21H22F3N5O2. The molecule has 10 heteroatoms. The molecule has 1 N–H and O–H groups in total. The first-order chi connectivity index (χ1) is 14.6. The first-order valence-electron chi connectivity index (χ1n) is 9.86. The monoisotopic (exact) mass is 433 g/mol. The summed E-state index contributed by atoms with van der Waals surface area (Å²) in [6.07, 6.45) is -1.70. The number of hydrogen-bond donors (Lipinski definition) is 1. The van der Waals surface area contributed by atoms with Gasteiger partial charge in [-0.15, -0.1) is 0 Å². The van der Waals surface area contributed by atoms with Gasteiger partial charge < -0.3 is 10.2 Å². The van der Waals surface area contributed by atoms with E-state index in [-0.39, 0.29) is 11.3 Å². The average molecular weight is 433 g/mol. The third-order valence-electron chi connectivity index (χ3n) is 5.34. The molecule has 0 bridgehead atoms. The number of amides is 1. The lowest BCUT2D eigenvalue weighted by molar-refractivity contribution is -0.137. The standard InChI is InChI=1S/C21H22F3N5O2/c1-13-14(2)27-29(20(31)16(13)11-25)12-19(30)26-17-10-15(21(22,23)24)6-7-18(17)28-8-4-3-5-9-28/h6-7,10H,3-5,8-9,12H2,1-2H3,(H,26,30). The van der Waals surface area contributed by atoms with Gasteiger partial charge in [0, 0.05) is 13.1 Å². The fourth-order valence-corrected chi connectivity index (χ4v) is 3.56. The van der Waals surface area contributed by atoms with Crippen LogP contribution in [0.3, 0.4) is 0 Å². The normalized spacial score (nSPS) is 14.3. The molecule has 1 aliphatic heterocycles. The number of piperidine rings is 1. The van der Waals surface area contributed by atoms with Gasteiger partial charge in [0.25, 0.3) is 5.56 Å². The Bertz CT molecular complexity index is 1100. The summed E-state index contributed by atoms with van der Waals surface area (Å²) in [5.41, 5.74) is -0.351. The van der Waals surface area contributed by atoms with E-state index < -0.39 is 29.8 Å². The number of carbonyl (C=O) groups is 1. The molecule has 3 rings (SSSR count). The Morgan fingerprint density at radius 3 is 2.52 bits per heavy atom.